The fourth-order valence-corrected chi connectivity index (χ4v) is 10.5. The molecular weight excluding hydrogens is 1020 g/mol. The Morgan fingerprint density at radius 1 is 0.253 bits per heavy atom. The van der Waals surface area contributed by atoms with Gasteiger partial charge in [0.1, 0.15) is 13.2 Å². The van der Waals surface area contributed by atoms with Gasteiger partial charge >= 0.3 is 17.9 Å². The Hall–Kier alpha value is -3.41. The molecule has 6 nitrogen and oxygen atoms in total. The minimum absolute atomic E-state index is 0.0734. The highest BCUT2D eigenvalue weighted by Gasteiger charge is 2.19. The van der Waals surface area contributed by atoms with Crippen LogP contribution < -0.4 is 0 Å². The van der Waals surface area contributed by atoms with Crippen LogP contribution in [-0.4, -0.2) is 37.2 Å². The zero-order chi connectivity index (χ0) is 59.9. The molecule has 0 saturated heterocycles. The van der Waals surface area contributed by atoms with Crippen molar-refractivity contribution in [3.8, 4) is 0 Å². The van der Waals surface area contributed by atoms with Crippen LogP contribution in [0.4, 0.5) is 0 Å². The molecule has 0 N–H and O–H groups in total. The molecule has 0 aliphatic rings. The average Bonchev–Trinajstić information content (AvgIpc) is 3.49. The van der Waals surface area contributed by atoms with E-state index >= 15 is 0 Å². The van der Waals surface area contributed by atoms with Crippen LogP contribution in [-0.2, 0) is 28.6 Å². The first kappa shape index (κ1) is 79.6. The second-order valence-electron chi connectivity index (χ2n) is 24.1. The Morgan fingerprint density at radius 2 is 0.470 bits per heavy atom. The molecule has 0 bridgehead atoms. The molecule has 0 aromatic carbocycles. The van der Waals surface area contributed by atoms with Gasteiger partial charge in [-0.25, -0.2) is 0 Å². The van der Waals surface area contributed by atoms with Gasteiger partial charge in [-0.15, -0.1) is 0 Å². The van der Waals surface area contributed by atoms with Crippen molar-refractivity contribution in [2.45, 2.75) is 374 Å². The van der Waals surface area contributed by atoms with E-state index in [-0.39, 0.29) is 31.1 Å². The molecule has 83 heavy (non-hydrogen) atoms. The van der Waals surface area contributed by atoms with Gasteiger partial charge in [0.2, 0.25) is 0 Å². The zero-order valence-electron chi connectivity index (χ0n) is 55.2. The molecule has 1 unspecified atom stereocenters. The van der Waals surface area contributed by atoms with Crippen molar-refractivity contribution in [2.24, 2.45) is 0 Å². The van der Waals surface area contributed by atoms with Crippen molar-refractivity contribution in [2.75, 3.05) is 13.2 Å². The summed E-state index contributed by atoms with van der Waals surface area (Å²) in [6.07, 6.45) is 95.3. The molecule has 0 heterocycles. The first-order valence-electron chi connectivity index (χ1n) is 36.1. The van der Waals surface area contributed by atoms with Crippen LogP contribution in [0.2, 0.25) is 0 Å². The Morgan fingerprint density at radius 3 is 0.735 bits per heavy atom. The van der Waals surface area contributed by atoms with Gasteiger partial charge in [-0.2, -0.15) is 0 Å². The lowest BCUT2D eigenvalue weighted by atomic mass is 10.0. The van der Waals surface area contributed by atoms with E-state index in [1.165, 1.54) is 218 Å². The number of rotatable bonds is 66. The molecule has 0 aliphatic heterocycles. The van der Waals surface area contributed by atoms with Gasteiger partial charge in [0, 0.05) is 19.3 Å². The van der Waals surface area contributed by atoms with Gasteiger partial charge in [0.15, 0.2) is 6.10 Å². The summed E-state index contributed by atoms with van der Waals surface area (Å²) in [5, 5.41) is 0. The smallest absolute Gasteiger partial charge is 0.306 e. The number of unbranched alkanes of at least 4 members (excludes halogenated alkanes) is 41. The lowest BCUT2D eigenvalue weighted by molar-refractivity contribution is -0.167. The number of carbonyl (C=O) groups is 3. The predicted octanol–water partition coefficient (Wildman–Crippen LogP) is 25.0. The minimum atomic E-state index is -0.772. The molecule has 480 valence electrons. The molecule has 1 atom stereocenters. The monoisotopic (exact) mass is 1160 g/mol. The maximum absolute atomic E-state index is 12.9. The van der Waals surface area contributed by atoms with E-state index in [2.05, 4.69) is 106 Å². The Bertz CT molecular complexity index is 1570. The van der Waals surface area contributed by atoms with Crippen LogP contribution in [0.5, 0.6) is 0 Å². The van der Waals surface area contributed by atoms with E-state index < -0.39 is 6.10 Å². The van der Waals surface area contributed by atoms with Gasteiger partial charge in [0.25, 0.3) is 0 Å². The van der Waals surface area contributed by atoms with E-state index in [9.17, 15) is 14.4 Å². The largest absolute Gasteiger partial charge is 0.462 e. The molecule has 0 radical (unpaired) electrons. The summed E-state index contributed by atoms with van der Waals surface area (Å²) in [6, 6.07) is 0. The first-order valence-corrected chi connectivity index (χ1v) is 36.1. The average molecular weight is 1160 g/mol. The number of allylic oxidation sites excluding steroid dienone is 14. The number of hydrogen-bond acceptors (Lipinski definition) is 6. The summed E-state index contributed by atoms with van der Waals surface area (Å²) in [7, 11) is 0. The lowest BCUT2D eigenvalue weighted by Crippen LogP contribution is -2.30. The Balaban J connectivity index is 3.97. The number of hydrogen-bond donors (Lipinski definition) is 0. The highest BCUT2D eigenvalue weighted by atomic mass is 16.6. The molecule has 0 amide bonds. The van der Waals surface area contributed by atoms with Gasteiger partial charge in [-0.3, -0.25) is 14.4 Å². The standard InChI is InChI=1S/C77H136O6/c1-4-7-10-13-15-17-19-21-23-25-27-29-31-33-35-36-37-38-39-40-42-43-45-47-49-51-53-55-57-59-61-64-67-70-76(79)82-73-74(72-81-75(78)69-66-63-12-9-6-3)83-77(80)71-68-65-62-60-58-56-54-52-50-48-46-44-41-34-32-30-28-26-24-22-20-18-16-14-11-8-5-2/h7,10,15,17,21,23,27,29,33,35,37-38,40,42,74H,4-6,8-9,11-14,16,18-20,22,24-26,28,30-32,34,36,39,41,43-73H2,1-3H3/b10-7-,17-15-,23-21-,29-27-,35-33-,38-37-,42-40-. The van der Waals surface area contributed by atoms with Crippen LogP contribution in [0.1, 0.15) is 367 Å². The molecule has 0 saturated carbocycles. The summed E-state index contributed by atoms with van der Waals surface area (Å²) in [5.41, 5.74) is 0. The van der Waals surface area contributed by atoms with Gasteiger partial charge in [-0.1, -0.05) is 356 Å². The lowest BCUT2D eigenvalue weighted by Gasteiger charge is -2.18. The van der Waals surface area contributed by atoms with Crippen LogP contribution in [0.15, 0.2) is 85.1 Å². The molecule has 0 spiro atoms. The third-order valence-corrected chi connectivity index (χ3v) is 15.9. The molecular formula is C77H136O6. The fraction of sp³-hybridized carbons (Fsp3) is 0.779. The summed E-state index contributed by atoms with van der Waals surface area (Å²) in [4.78, 5) is 38.0. The van der Waals surface area contributed by atoms with Crippen LogP contribution in [0.3, 0.4) is 0 Å². The van der Waals surface area contributed by atoms with Crippen LogP contribution in [0.25, 0.3) is 0 Å². The molecule has 0 fully saturated rings. The second kappa shape index (κ2) is 71.1. The van der Waals surface area contributed by atoms with Crippen molar-refractivity contribution in [3.63, 3.8) is 0 Å². The fourth-order valence-electron chi connectivity index (χ4n) is 10.5. The molecule has 0 aliphatic carbocycles. The van der Waals surface area contributed by atoms with E-state index in [1.807, 2.05) is 0 Å². The quantitative estimate of drug-likeness (QED) is 0.0261. The van der Waals surface area contributed by atoms with E-state index in [4.69, 9.17) is 14.2 Å². The zero-order valence-corrected chi connectivity index (χ0v) is 55.2. The van der Waals surface area contributed by atoms with Gasteiger partial charge in [-0.05, 0) is 77.0 Å². The summed E-state index contributed by atoms with van der Waals surface area (Å²) < 4.78 is 16.8. The maximum Gasteiger partial charge on any atom is 0.306 e. The summed E-state index contributed by atoms with van der Waals surface area (Å²) >= 11 is 0. The highest BCUT2D eigenvalue weighted by molar-refractivity contribution is 5.71. The number of ether oxygens (including phenoxy) is 3. The van der Waals surface area contributed by atoms with Crippen LogP contribution in [0, 0.1) is 0 Å². The predicted molar refractivity (Wildman–Crippen MR) is 362 cm³/mol. The number of carbonyl (C=O) groups excluding carboxylic acids is 3. The van der Waals surface area contributed by atoms with Crippen molar-refractivity contribution in [3.05, 3.63) is 85.1 Å². The topological polar surface area (TPSA) is 78.9 Å². The molecule has 0 aromatic rings. The van der Waals surface area contributed by atoms with Crippen LogP contribution >= 0.6 is 0 Å². The first-order chi connectivity index (χ1) is 41.0. The van der Waals surface area contributed by atoms with Crippen molar-refractivity contribution in [1.82, 2.24) is 0 Å². The van der Waals surface area contributed by atoms with Crippen molar-refractivity contribution >= 4 is 17.9 Å². The summed E-state index contributed by atoms with van der Waals surface area (Å²) in [6.45, 7) is 6.49. The molecule has 0 aromatic heterocycles. The van der Waals surface area contributed by atoms with Crippen molar-refractivity contribution < 1.29 is 28.6 Å². The van der Waals surface area contributed by atoms with Gasteiger partial charge in [0.05, 0.1) is 0 Å². The third-order valence-electron chi connectivity index (χ3n) is 15.9. The van der Waals surface area contributed by atoms with E-state index in [1.54, 1.807) is 0 Å². The highest BCUT2D eigenvalue weighted by Crippen LogP contribution is 2.18. The molecule has 6 heteroatoms. The number of esters is 3. The second-order valence-corrected chi connectivity index (χ2v) is 24.1. The Labute approximate surface area is 515 Å². The van der Waals surface area contributed by atoms with E-state index in [0.29, 0.717) is 19.3 Å². The van der Waals surface area contributed by atoms with Gasteiger partial charge < -0.3 is 14.2 Å². The maximum atomic E-state index is 12.9. The molecule has 0 rings (SSSR count). The van der Waals surface area contributed by atoms with Crippen molar-refractivity contribution in [1.29, 1.82) is 0 Å². The Kier molecular flexibility index (Phi) is 68.2. The van der Waals surface area contributed by atoms with E-state index in [0.717, 1.165) is 109 Å². The SMILES string of the molecule is CC/C=C\C/C=C\C/C=C\C/C=C\C/C=C\C/C=C\C/C=C\CCCCCCCCCCCCCC(=O)OCC(COC(=O)CCCCCCC)OC(=O)CCCCCCCCCCCCCCCCCCCCCCCCCCCCC. The minimum Gasteiger partial charge on any atom is -0.462 e. The normalized spacial score (nSPS) is 12.6. The third kappa shape index (κ3) is 69.3. The summed E-state index contributed by atoms with van der Waals surface area (Å²) in [5.74, 6) is -0.871.